The van der Waals surface area contributed by atoms with Crippen molar-refractivity contribution in [3.8, 4) is 6.07 Å². The number of carbonyl (C=O) groups excluding carboxylic acids is 1. The van der Waals surface area contributed by atoms with Gasteiger partial charge in [-0.05, 0) is 18.2 Å². The van der Waals surface area contributed by atoms with Crippen molar-refractivity contribution in [2.45, 2.75) is 13.0 Å². The summed E-state index contributed by atoms with van der Waals surface area (Å²) in [5, 5.41) is 16.9. The van der Waals surface area contributed by atoms with E-state index in [4.69, 9.17) is 10.00 Å². The third-order valence-corrected chi connectivity index (χ3v) is 4.26. The van der Waals surface area contributed by atoms with Crippen LogP contribution in [-0.4, -0.2) is 44.4 Å². The Bertz CT molecular complexity index is 1200. The van der Waals surface area contributed by atoms with E-state index in [-0.39, 0.29) is 12.3 Å². The number of H-pyrrole nitrogens is 1. The van der Waals surface area contributed by atoms with E-state index in [1.807, 2.05) is 0 Å². The van der Waals surface area contributed by atoms with Crippen molar-refractivity contribution in [3.63, 3.8) is 0 Å². The Morgan fingerprint density at radius 3 is 3.11 bits per heavy atom. The smallest absolute Gasteiger partial charge is 0.233 e. The number of carbonyl (C=O) groups is 1. The molecule has 0 bridgehead atoms. The molecule has 0 aliphatic carbocycles. The number of nitrogens with one attached hydrogen (secondary N) is 2. The van der Waals surface area contributed by atoms with Crippen LogP contribution in [0.5, 0.6) is 0 Å². The molecule has 1 aromatic carbocycles. The number of anilines is 1. The standard InChI is InChI=1S/C19H17N7O2/c1-28-7-6-26-5-4-16(25-26)23-18(27)9-17-22-15-11-21-14-3-2-12(10-20)8-13(14)19(15)24-17/h2-5,8,11H,6-7,9H2,1H3,(H,22,24)(H,23,25,27). The quantitative estimate of drug-likeness (QED) is 0.532. The molecule has 140 valence electrons. The number of rotatable bonds is 6. The number of nitriles is 1. The van der Waals surface area contributed by atoms with Crippen LogP contribution < -0.4 is 5.32 Å². The fourth-order valence-electron chi connectivity index (χ4n) is 2.94. The topological polar surface area (TPSA) is 122 Å². The number of benzene rings is 1. The highest BCUT2D eigenvalue weighted by atomic mass is 16.5. The van der Waals surface area contributed by atoms with Crippen LogP contribution in [0.2, 0.25) is 0 Å². The lowest BCUT2D eigenvalue weighted by molar-refractivity contribution is -0.115. The molecule has 3 aromatic heterocycles. The highest BCUT2D eigenvalue weighted by Gasteiger charge is 2.12. The summed E-state index contributed by atoms with van der Waals surface area (Å²) < 4.78 is 6.70. The average Bonchev–Trinajstić information content (AvgIpc) is 3.32. The van der Waals surface area contributed by atoms with Crippen molar-refractivity contribution in [1.29, 1.82) is 5.26 Å². The Morgan fingerprint density at radius 2 is 2.29 bits per heavy atom. The first-order valence-electron chi connectivity index (χ1n) is 8.66. The molecular formula is C19H17N7O2. The number of ether oxygens (including phenoxy) is 1. The molecule has 4 rings (SSSR count). The maximum absolute atomic E-state index is 12.3. The molecule has 0 unspecified atom stereocenters. The van der Waals surface area contributed by atoms with Gasteiger partial charge < -0.3 is 15.0 Å². The Hall–Kier alpha value is -3.77. The van der Waals surface area contributed by atoms with Gasteiger partial charge in [-0.15, -0.1) is 0 Å². The minimum atomic E-state index is -0.231. The molecule has 0 fully saturated rings. The summed E-state index contributed by atoms with van der Waals surface area (Å²) in [4.78, 5) is 24.4. The maximum Gasteiger partial charge on any atom is 0.233 e. The van der Waals surface area contributed by atoms with E-state index in [2.05, 4.69) is 31.4 Å². The van der Waals surface area contributed by atoms with Gasteiger partial charge in [0.2, 0.25) is 5.91 Å². The summed E-state index contributed by atoms with van der Waals surface area (Å²) >= 11 is 0. The van der Waals surface area contributed by atoms with Crippen LogP contribution in [0.3, 0.4) is 0 Å². The van der Waals surface area contributed by atoms with Gasteiger partial charge in [0.15, 0.2) is 5.82 Å². The number of fused-ring (bicyclic) bond motifs is 3. The summed E-state index contributed by atoms with van der Waals surface area (Å²) in [7, 11) is 1.62. The van der Waals surface area contributed by atoms with Crippen molar-refractivity contribution in [2.24, 2.45) is 0 Å². The highest BCUT2D eigenvalue weighted by molar-refractivity contribution is 6.02. The van der Waals surface area contributed by atoms with Gasteiger partial charge in [0.1, 0.15) is 5.82 Å². The van der Waals surface area contributed by atoms with Crippen LogP contribution in [0, 0.1) is 11.3 Å². The largest absolute Gasteiger partial charge is 0.383 e. The molecule has 4 aromatic rings. The zero-order valence-corrected chi connectivity index (χ0v) is 15.1. The number of nitrogens with zero attached hydrogens (tertiary/aromatic N) is 5. The van der Waals surface area contributed by atoms with Gasteiger partial charge in [0.25, 0.3) is 0 Å². The maximum atomic E-state index is 12.3. The molecule has 0 atom stereocenters. The average molecular weight is 375 g/mol. The Kier molecular flexibility index (Phi) is 4.70. The number of aromatic nitrogens is 5. The molecule has 28 heavy (non-hydrogen) atoms. The lowest BCUT2D eigenvalue weighted by Crippen LogP contribution is -2.16. The zero-order valence-electron chi connectivity index (χ0n) is 15.1. The molecule has 2 N–H and O–H groups in total. The lowest BCUT2D eigenvalue weighted by Gasteiger charge is -2.01. The van der Waals surface area contributed by atoms with E-state index < -0.39 is 0 Å². The molecule has 0 saturated heterocycles. The van der Waals surface area contributed by atoms with Crippen molar-refractivity contribution >= 4 is 33.7 Å². The minimum Gasteiger partial charge on any atom is -0.383 e. The summed E-state index contributed by atoms with van der Waals surface area (Å²) in [6.45, 7) is 1.16. The summed E-state index contributed by atoms with van der Waals surface area (Å²) in [6, 6.07) is 9.10. The van der Waals surface area contributed by atoms with E-state index >= 15 is 0 Å². The van der Waals surface area contributed by atoms with Gasteiger partial charge in [-0.3, -0.25) is 14.5 Å². The summed E-state index contributed by atoms with van der Waals surface area (Å²) in [5.74, 6) is 0.761. The number of aromatic amines is 1. The number of amides is 1. The Labute approximate surface area is 160 Å². The van der Waals surface area contributed by atoms with E-state index in [9.17, 15) is 4.79 Å². The number of pyridine rings is 1. The fraction of sp³-hybridized carbons (Fsp3) is 0.211. The first kappa shape index (κ1) is 17.6. The van der Waals surface area contributed by atoms with Gasteiger partial charge in [-0.2, -0.15) is 10.4 Å². The molecule has 0 saturated carbocycles. The second-order valence-corrected chi connectivity index (χ2v) is 6.23. The molecule has 9 nitrogen and oxygen atoms in total. The second kappa shape index (κ2) is 7.46. The summed E-state index contributed by atoms with van der Waals surface area (Å²) in [5.41, 5.74) is 2.69. The van der Waals surface area contributed by atoms with Crippen molar-refractivity contribution in [1.82, 2.24) is 24.7 Å². The van der Waals surface area contributed by atoms with Crippen LogP contribution in [-0.2, 0) is 22.5 Å². The van der Waals surface area contributed by atoms with E-state index in [0.29, 0.717) is 41.4 Å². The number of hydrogen-bond acceptors (Lipinski definition) is 6. The van der Waals surface area contributed by atoms with Gasteiger partial charge in [-0.1, -0.05) is 0 Å². The predicted molar refractivity (Wildman–Crippen MR) is 103 cm³/mol. The van der Waals surface area contributed by atoms with Crippen LogP contribution in [0.15, 0.2) is 36.7 Å². The first-order chi connectivity index (χ1) is 13.7. The van der Waals surface area contributed by atoms with E-state index in [1.165, 1.54) is 0 Å². The number of imidazole rings is 1. The van der Waals surface area contributed by atoms with Gasteiger partial charge in [0.05, 0.1) is 54.0 Å². The molecule has 0 aliphatic heterocycles. The molecule has 1 amide bonds. The third-order valence-electron chi connectivity index (χ3n) is 4.26. The normalized spacial score (nSPS) is 11.0. The second-order valence-electron chi connectivity index (χ2n) is 6.23. The lowest BCUT2D eigenvalue weighted by atomic mass is 10.1. The first-order valence-corrected chi connectivity index (χ1v) is 8.66. The van der Waals surface area contributed by atoms with Crippen molar-refractivity contribution < 1.29 is 9.53 Å². The third kappa shape index (κ3) is 3.54. The van der Waals surface area contributed by atoms with Crippen molar-refractivity contribution in [3.05, 3.63) is 48.0 Å². The van der Waals surface area contributed by atoms with E-state index in [1.54, 1.807) is 48.5 Å². The van der Waals surface area contributed by atoms with Crippen LogP contribution >= 0.6 is 0 Å². The minimum absolute atomic E-state index is 0.0685. The van der Waals surface area contributed by atoms with Crippen LogP contribution in [0.25, 0.3) is 21.9 Å². The SMILES string of the molecule is COCCn1ccc(NC(=O)Cc2nc3c(cnc4ccc(C#N)cc43)[nH]2)n1. The highest BCUT2D eigenvalue weighted by Crippen LogP contribution is 2.23. The molecule has 9 heteroatoms. The van der Waals surface area contributed by atoms with Crippen molar-refractivity contribution in [2.75, 3.05) is 19.0 Å². The van der Waals surface area contributed by atoms with Crippen LogP contribution in [0.4, 0.5) is 5.82 Å². The molecular weight excluding hydrogens is 358 g/mol. The monoisotopic (exact) mass is 375 g/mol. The summed E-state index contributed by atoms with van der Waals surface area (Å²) in [6.07, 6.45) is 3.52. The zero-order chi connectivity index (χ0) is 19.5. The fourth-order valence-corrected chi connectivity index (χ4v) is 2.94. The Morgan fingerprint density at radius 1 is 1.39 bits per heavy atom. The molecule has 0 aliphatic rings. The van der Waals surface area contributed by atoms with Gasteiger partial charge in [-0.25, -0.2) is 4.98 Å². The predicted octanol–water partition coefficient (Wildman–Crippen LogP) is 2.01. The molecule has 0 radical (unpaired) electrons. The van der Waals surface area contributed by atoms with Gasteiger partial charge >= 0.3 is 0 Å². The number of methoxy groups -OCH3 is 1. The molecule has 3 heterocycles. The number of hydrogen-bond donors (Lipinski definition) is 2. The molecule has 0 spiro atoms. The Balaban J connectivity index is 1.53. The van der Waals surface area contributed by atoms with E-state index in [0.717, 1.165) is 10.9 Å². The van der Waals surface area contributed by atoms with Crippen LogP contribution in [0.1, 0.15) is 11.4 Å². The van der Waals surface area contributed by atoms with Gasteiger partial charge in [0, 0.05) is 24.8 Å².